The summed E-state index contributed by atoms with van der Waals surface area (Å²) in [6.07, 6.45) is 1.48. The zero-order valence-corrected chi connectivity index (χ0v) is 7.01. The molecule has 1 rings (SSSR count). The highest BCUT2D eigenvalue weighted by atomic mass is 16.6. The van der Waals surface area contributed by atoms with Gasteiger partial charge in [0.15, 0.2) is 0 Å². The first-order chi connectivity index (χ1) is 6.24. The van der Waals surface area contributed by atoms with Crippen LogP contribution in [-0.4, -0.2) is 18.2 Å². The molecule has 1 aromatic rings. The lowest BCUT2D eigenvalue weighted by Gasteiger charge is -1.92. The number of non-ortho nitro benzene ring substituents is 1. The number of oxime groups is 1. The zero-order chi connectivity index (χ0) is 9.68. The molecular weight excluding hydrogens is 172 g/mol. The van der Waals surface area contributed by atoms with Crippen LogP contribution in [0.1, 0.15) is 5.56 Å². The first-order valence-corrected chi connectivity index (χ1v) is 3.55. The van der Waals surface area contributed by atoms with Gasteiger partial charge in [-0.1, -0.05) is 5.16 Å². The van der Waals surface area contributed by atoms with Crippen molar-refractivity contribution >= 4 is 11.9 Å². The van der Waals surface area contributed by atoms with Gasteiger partial charge in [0.05, 0.1) is 11.1 Å². The predicted octanol–water partition coefficient (Wildman–Crippen LogP) is 1.58. The van der Waals surface area contributed by atoms with Crippen molar-refractivity contribution in [3.63, 3.8) is 0 Å². The fourth-order valence-electron chi connectivity index (χ4n) is 0.796. The quantitative estimate of drug-likeness (QED) is 0.403. The van der Waals surface area contributed by atoms with Crippen molar-refractivity contribution < 1.29 is 9.76 Å². The van der Waals surface area contributed by atoms with Crippen LogP contribution in [0.2, 0.25) is 0 Å². The van der Waals surface area contributed by atoms with Gasteiger partial charge >= 0.3 is 0 Å². The van der Waals surface area contributed by atoms with E-state index in [0.29, 0.717) is 0 Å². The van der Waals surface area contributed by atoms with E-state index in [0.717, 1.165) is 5.56 Å². The molecule has 0 aliphatic heterocycles. The summed E-state index contributed by atoms with van der Waals surface area (Å²) >= 11 is 0. The average Bonchev–Trinajstić information content (AvgIpc) is 2.15. The van der Waals surface area contributed by atoms with Gasteiger partial charge in [-0.15, -0.1) is 0 Å². The van der Waals surface area contributed by atoms with Crippen LogP contribution in [0.5, 0.6) is 0 Å². The SMILES string of the molecule is CO/N=C\c1ccc([N+](=O)[O-])cc1. The van der Waals surface area contributed by atoms with Crippen molar-refractivity contribution in [1.29, 1.82) is 0 Å². The minimum atomic E-state index is -0.447. The maximum absolute atomic E-state index is 10.3. The van der Waals surface area contributed by atoms with Crippen LogP contribution in [0.15, 0.2) is 29.4 Å². The Hall–Kier alpha value is -1.91. The second-order valence-corrected chi connectivity index (χ2v) is 2.27. The number of benzene rings is 1. The molecule has 0 N–H and O–H groups in total. The maximum atomic E-state index is 10.3. The Kier molecular flexibility index (Phi) is 2.97. The normalized spacial score (nSPS) is 10.2. The highest BCUT2D eigenvalue weighted by Crippen LogP contribution is 2.10. The molecule has 0 aromatic heterocycles. The molecule has 0 aliphatic rings. The average molecular weight is 180 g/mol. The number of nitro groups is 1. The van der Waals surface area contributed by atoms with Crippen LogP contribution >= 0.6 is 0 Å². The summed E-state index contributed by atoms with van der Waals surface area (Å²) in [6, 6.07) is 6.02. The Morgan fingerprint density at radius 3 is 2.54 bits per heavy atom. The van der Waals surface area contributed by atoms with Gasteiger partial charge in [-0.3, -0.25) is 10.1 Å². The number of nitro benzene ring substituents is 1. The molecule has 0 amide bonds. The van der Waals surface area contributed by atoms with Gasteiger partial charge in [-0.25, -0.2) is 0 Å². The Bertz CT molecular complexity index is 319. The van der Waals surface area contributed by atoms with E-state index in [1.165, 1.54) is 25.5 Å². The van der Waals surface area contributed by atoms with Gasteiger partial charge in [0.25, 0.3) is 5.69 Å². The van der Waals surface area contributed by atoms with Gasteiger partial charge in [-0.05, 0) is 17.7 Å². The van der Waals surface area contributed by atoms with Crippen molar-refractivity contribution in [3.8, 4) is 0 Å². The molecule has 0 radical (unpaired) electrons. The third-order valence-electron chi connectivity index (χ3n) is 1.41. The topological polar surface area (TPSA) is 64.7 Å². The van der Waals surface area contributed by atoms with E-state index >= 15 is 0 Å². The fraction of sp³-hybridized carbons (Fsp3) is 0.125. The van der Waals surface area contributed by atoms with E-state index in [9.17, 15) is 10.1 Å². The van der Waals surface area contributed by atoms with Crippen molar-refractivity contribution in [1.82, 2.24) is 0 Å². The fourth-order valence-corrected chi connectivity index (χ4v) is 0.796. The predicted molar refractivity (Wildman–Crippen MR) is 47.7 cm³/mol. The second-order valence-electron chi connectivity index (χ2n) is 2.27. The third kappa shape index (κ3) is 2.55. The summed E-state index contributed by atoms with van der Waals surface area (Å²) in [4.78, 5) is 14.3. The van der Waals surface area contributed by atoms with E-state index in [-0.39, 0.29) is 5.69 Å². The largest absolute Gasteiger partial charge is 0.399 e. The molecule has 0 unspecified atom stereocenters. The van der Waals surface area contributed by atoms with Crippen LogP contribution in [0, 0.1) is 10.1 Å². The standard InChI is InChI=1S/C8H8N2O3/c1-13-9-6-7-2-4-8(5-3-7)10(11)12/h2-6H,1H3/b9-6-. The van der Waals surface area contributed by atoms with Crippen molar-refractivity contribution in [2.24, 2.45) is 5.16 Å². The monoisotopic (exact) mass is 180 g/mol. The lowest BCUT2D eigenvalue weighted by atomic mass is 10.2. The summed E-state index contributed by atoms with van der Waals surface area (Å²) in [5, 5.41) is 13.8. The van der Waals surface area contributed by atoms with Crippen LogP contribution < -0.4 is 0 Å². The molecular formula is C8H8N2O3. The smallest absolute Gasteiger partial charge is 0.269 e. The van der Waals surface area contributed by atoms with Gasteiger partial charge < -0.3 is 4.84 Å². The summed E-state index contributed by atoms with van der Waals surface area (Å²) in [5.41, 5.74) is 0.821. The van der Waals surface area contributed by atoms with Gasteiger partial charge in [0.2, 0.25) is 0 Å². The van der Waals surface area contributed by atoms with Crippen molar-refractivity contribution in [2.45, 2.75) is 0 Å². The molecule has 0 bridgehead atoms. The number of hydrogen-bond donors (Lipinski definition) is 0. The number of nitrogens with zero attached hydrogens (tertiary/aromatic N) is 2. The zero-order valence-electron chi connectivity index (χ0n) is 7.01. The van der Waals surface area contributed by atoms with E-state index in [2.05, 4.69) is 9.99 Å². The minimum Gasteiger partial charge on any atom is -0.399 e. The summed E-state index contributed by atoms with van der Waals surface area (Å²) in [6.45, 7) is 0. The first kappa shape index (κ1) is 9.18. The maximum Gasteiger partial charge on any atom is 0.269 e. The molecule has 68 valence electrons. The molecule has 0 saturated heterocycles. The van der Waals surface area contributed by atoms with Crippen molar-refractivity contribution in [3.05, 3.63) is 39.9 Å². The Labute approximate surface area is 74.8 Å². The molecule has 0 atom stereocenters. The van der Waals surface area contributed by atoms with Crippen LogP contribution in [0.4, 0.5) is 5.69 Å². The van der Waals surface area contributed by atoms with Crippen LogP contribution in [-0.2, 0) is 4.84 Å². The molecule has 0 heterocycles. The van der Waals surface area contributed by atoms with Crippen molar-refractivity contribution in [2.75, 3.05) is 7.11 Å². The Balaban J connectivity index is 2.81. The molecule has 1 aromatic carbocycles. The van der Waals surface area contributed by atoms with E-state index in [1.54, 1.807) is 12.1 Å². The summed E-state index contributed by atoms with van der Waals surface area (Å²) in [5.74, 6) is 0. The Morgan fingerprint density at radius 1 is 1.46 bits per heavy atom. The van der Waals surface area contributed by atoms with E-state index < -0.39 is 4.92 Å². The lowest BCUT2D eigenvalue weighted by Crippen LogP contribution is -1.88. The molecule has 5 heteroatoms. The van der Waals surface area contributed by atoms with E-state index in [1.807, 2.05) is 0 Å². The summed E-state index contributed by atoms with van der Waals surface area (Å²) < 4.78 is 0. The minimum absolute atomic E-state index is 0.0644. The molecule has 0 spiro atoms. The molecule has 5 nitrogen and oxygen atoms in total. The molecule has 0 fully saturated rings. The first-order valence-electron chi connectivity index (χ1n) is 3.55. The summed E-state index contributed by atoms with van der Waals surface area (Å²) in [7, 11) is 1.43. The van der Waals surface area contributed by atoms with Gasteiger partial charge in [0, 0.05) is 12.1 Å². The van der Waals surface area contributed by atoms with Gasteiger partial charge in [-0.2, -0.15) is 0 Å². The van der Waals surface area contributed by atoms with Crippen LogP contribution in [0.25, 0.3) is 0 Å². The number of hydrogen-bond acceptors (Lipinski definition) is 4. The highest BCUT2D eigenvalue weighted by Gasteiger charge is 2.02. The third-order valence-corrected chi connectivity index (χ3v) is 1.41. The lowest BCUT2D eigenvalue weighted by molar-refractivity contribution is -0.384. The van der Waals surface area contributed by atoms with Gasteiger partial charge in [0.1, 0.15) is 7.11 Å². The molecule has 0 aliphatic carbocycles. The number of rotatable bonds is 3. The molecule has 0 saturated carbocycles. The van der Waals surface area contributed by atoms with E-state index in [4.69, 9.17) is 0 Å². The second kappa shape index (κ2) is 4.20. The molecule has 13 heavy (non-hydrogen) atoms. The van der Waals surface area contributed by atoms with Crippen LogP contribution in [0.3, 0.4) is 0 Å². The highest BCUT2D eigenvalue weighted by molar-refractivity contribution is 5.79. The Morgan fingerprint density at radius 2 is 2.08 bits per heavy atom.